The van der Waals surface area contributed by atoms with Crippen molar-refractivity contribution in [1.29, 1.82) is 0 Å². The molecular formula is C23H16ClNO2. The quantitative estimate of drug-likeness (QED) is 0.614. The molecule has 1 amide bonds. The van der Waals surface area contributed by atoms with Crippen molar-refractivity contribution in [2.24, 2.45) is 0 Å². The standard InChI is InChI=1S/C23H16ClNO2/c24-19-8-6-17(7-9-19)22-15-18(14-16-4-2-1-3-5-16)23(27)25(22)20-10-12-21(26)13-11-20/h1-15,26H/b18-14+. The van der Waals surface area contributed by atoms with Crippen LogP contribution in [-0.2, 0) is 4.79 Å². The Balaban J connectivity index is 1.82. The number of rotatable bonds is 3. The molecule has 27 heavy (non-hydrogen) atoms. The second kappa shape index (κ2) is 7.14. The first-order chi connectivity index (χ1) is 13.1. The van der Waals surface area contributed by atoms with Gasteiger partial charge in [-0.2, -0.15) is 0 Å². The fourth-order valence-electron chi connectivity index (χ4n) is 3.04. The molecule has 1 aliphatic heterocycles. The molecule has 0 unspecified atom stereocenters. The minimum atomic E-state index is -0.116. The first-order valence-electron chi connectivity index (χ1n) is 8.50. The highest BCUT2D eigenvalue weighted by molar-refractivity contribution is 6.30. The largest absolute Gasteiger partial charge is 0.508 e. The molecule has 132 valence electrons. The Hall–Kier alpha value is -3.30. The van der Waals surface area contributed by atoms with Crippen molar-refractivity contribution < 1.29 is 9.90 Å². The van der Waals surface area contributed by atoms with Crippen molar-refractivity contribution in [2.45, 2.75) is 0 Å². The van der Waals surface area contributed by atoms with E-state index in [2.05, 4.69) is 0 Å². The maximum atomic E-state index is 13.2. The molecule has 0 aromatic heterocycles. The third-order valence-corrected chi connectivity index (χ3v) is 4.60. The number of aromatic hydroxyl groups is 1. The zero-order valence-corrected chi connectivity index (χ0v) is 15.1. The molecule has 0 aliphatic carbocycles. The van der Waals surface area contributed by atoms with Crippen LogP contribution >= 0.6 is 11.6 Å². The van der Waals surface area contributed by atoms with Gasteiger partial charge in [0.15, 0.2) is 0 Å². The van der Waals surface area contributed by atoms with Gasteiger partial charge in [0.1, 0.15) is 5.75 Å². The summed E-state index contributed by atoms with van der Waals surface area (Å²) < 4.78 is 0. The number of carbonyl (C=O) groups is 1. The number of benzene rings is 3. The van der Waals surface area contributed by atoms with E-state index in [-0.39, 0.29) is 11.7 Å². The number of carbonyl (C=O) groups excluding carboxylic acids is 1. The lowest BCUT2D eigenvalue weighted by atomic mass is 10.1. The van der Waals surface area contributed by atoms with Gasteiger partial charge >= 0.3 is 0 Å². The van der Waals surface area contributed by atoms with Gasteiger partial charge in [-0.15, -0.1) is 0 Å². The van der Waals surface area contributed by atoms with Crippen LogP contribution in [0.15, 0.2) is 90.5 Å². The van der Waals surface area contributed by atoms with Crippen LogP contribution in [0.2, 0.25) is 5.02 Å². The summed E-state index contributed by atoms with van der Waals surface area (Å²) in [5, 5.41) is 10.2. The van der Waals surface area contributed by atoms with Crippen LogP contribution < -0.4 is 4.90 Å². The van der Waals surface area contributed by atoms with Crippen LogP contribution in [0.4, 0.5) is 5.69 Å². The highest BCUT2D eigenvalue weighted by Crippen LogP contribution is 2.36. The molecule has 0 radical (unpaired) electrons. The number of phenolic OH excluding ortho intramolecular Hbond substituents is 1. The molecular weight excluding hydrogens is 358 g/mol. The molecule has 3 aromatic rings. The molecule has 4 heteroatoms. The van der Waals surface area contributed by atoms with Gasteiger partial charge in [0.25, 0.3) is 5.91 Å². The predicted octanol–water partition coefficient (Wildman–Crippen LogP) is 5.52. The summed E-state index contributed by atoms with van der Waals surface area (Å²) in [6.45, 7) is 0. The fraction of sp³-hybridized carbons (Fsp3) is 0. The lowest BCUT2D eigenvalue weighted by molar-refractivity contribution is -0.113. The minimum absolute atomic E-state index is 0.116. The SMILES string of the molecule is O=C1/C(=C/c2ccccc2)C=C(c2ccc(Cl)cc2)N1c1ccc(O)cc1. The molecule has 0 spiro atoms. The number of hydrogen-bond acceptors (Lipinski definition) is 2. The molecule has 0 saturated heterocycles. The Morgan fingerprint density at radius 3 is 2.19 bits per heavy atom. The van der Waals surface area contributed by atoms with Crippen molar-refractivity contribution >= 4 is 35.0 Å². The van der Waals surface area contributed by atoms with Gasteiger partial charge in [0.05, 0.1) is 5.70 Å². The molecule has 0 saturated carbocycles. The molecule has 1 aliphatic rings. The maximum Gasteiger partial charge on any atom is 0.262 e. The molecule has 3 aromatic carbocycles. The second-order valence-electron chi connectivity index (χ2n) is 6.20. The van der Waals surface area contributed by atoms with E-state index < -0.39 is 0 Å². The van der Waals surface area contributed by atoms with E-state index in [0.29, 0.717) is 16.3 Å². The molecule has 0 bridgehead atoms. The zero-order chi connectivity index (χ0) is 18.8. The Morgan fingerprint density at radius 1 is 0.852 bits per heavy atom. The highest BCUT2D eigenvalue weighted by atomic mass is 35.5. The fourth-order valence-corrected chi connectivity index (χ4v) is 3.16. The minimum Gasteiger partial charge on any atom is -0.508 e. The first-order valence-corrected chi connectivity index (χ1v) is 8.87. The van der Waals surface area contributed by atoms with Crippen molar-refractivity contribution in [3.8, 4) is 5.75 Å². The van der Waals surface area contributed by atoms with E-state index in [4.69, 9.17) is 11.6 Å². The molecule has 0 fully saturated rings. The number of nitrogens with zero attached hydrogens (tertiary/aromatic N) is 1. The van der Waals surface area contributed by atoms with E-state index in [9.17, 15) is 9.90 Å². The molecule has 0 atom stereocenters. The topological polar surface area (TPSA) is 40.5 Å². The van der Waals surface area contributed by atoms with Crippen LogP contribution in [0, 0.1) is 0 Å². The van der Waals surface area contributed by atoms with Crippen LogP contribution in [0.3, 0.4) is 0 Å². The predicted molar refractivity (Wildman–Crippen MR) is 109 cm³/mol. The number of hydrogen-bond donors (Lipinski definition) is 1. The number of phenols is 1. The summed E-state index contributed by atoms with van der Waals surface area (Å²) in [6, 6.07) is 23.7. The van der Waals surface area contributed by atoms with Gasteiger partial charge in [-0.05, 0) is 59.7 Å². The lowest BCUT2D eigenvalue weighted by Crippen LogP contribution is -2.24. The van der Waals surface area contributed by atoms with Crippen molar-refractivity contribution in [1.82, 2.24) is 0 Å². The number of anilines is 1. The van der Waals surface area contributed by atoms with Crippen LogP contribution in [-0.4, -0.2) is 11.0 Å². The molecule has 3 nitrogen and oxygen atoms in total. The average molecular weight is 374 g/mol. The molecule has 1 heterocycles. The monoisotopic (exact) mass is 373 g/mol. The smallest absolute Gasteiger partial charge is 0.262 e. The Morgan fingerprint density at radius 2 is 1.52 bits per heavy atom. The highest BCUT2D eigenvalue weighted by Gasteiger charge is 2.30. The van der Waals surface area contributed by atoms with Gasteiger partial charge in [-0.25, -0.2) is 0 Å². The molecule has 4 rings (SSSR count). The van der Waals surface area contributed by atoms with Gasteiger partial charge in [-0.3, -0.25) is 9.69 Å². The van der Waals surface area contributed by atoms with E-state index in [1.54, 1.807) is 41.3 Å². The Bertz CT molecular complexity index is 1040. The van der Waals surface area contributed by atoms with E-state index in [1.165, 1.54) is 0 Å². The van der Waals surface area contributed by atoms with Gasteiger partial charge in [0.2, 0.25) is 0 Å². The average Bonchev–Trinajstić information content (AvgIpc) is 3.00. The summed E-state index contributed by atoms with van der Waals surface area (Å²) in [5.41, 5.74) is 3.90. The third-order valence-electron chi connectivity index (χ3n) is 4.35. The number of halogens is 1. The summed E-state index contributed by atoms with van der Waals surface area (Å²) in [5.74, 6) is 0.0389. The lowest BCUT2D eigenvalue weighted by Gasteiger charge is -2.21. The van der Waals surface area contributed by atoms with Gasteiger partial charge in [-0.1, -0.05) is 54.1 Å². The van der Waals surface area contributed by atoms with Gasteiger partial charge < -0.3 is 5.11 Å². The Labute approximate surface area is 162 Å². The van der Waals surface area contributed by atoms with Crippen molar-refractivity contribution in [2.75, 3.05) is 4.90 Å². The third kappa shape index (κ3) is 3.50. The van der Waals surface area contributed by atoms with Crippen LogP contribution in [0.25, 0.3) is 11.8 Å². The van der Waals surface area contributed by atoms with Gasteiger partial charge in [0, 0.05) is 16.3 Å². The second-order valence-corrected chi connectivity index (χ2v) is 6.64. The number of amides is 1. The Kier molecular flexibility index (Phi) is 4.53. The van der Waals surface area contributed by atoms with Crippen LogP contribution in [0.5, 0.6) is 5.75 Å². The zero-order valence-electron chi connectivity index (χ0n) is 14.3. The summed E-state index contributed by atoms with van der Waals surface area (Å²) >= 11 is 6.01. The van der Waals surface area contributed by atoms with E-state index in [1.807, 2.05) is 54.6 Å². The normalized spacial score (nSPS) is 15.3. The van der Waals surface area contributed by atoms with E-state index in [0.717, 1.165) is 16.8 Å². The maximum absolute atomic E-state index is 13.2. The summed E-state index contributed by atoms with van der Waals surface area (Å²) in [4.78, 5) is 14.8. The summed E-state index contributed by atoms with van der Waals surface area (Å²) in [6.07, 6.45) is 3.75. The van der Waals surface area contributed by atoms with Crippen molar-refractivity contribution in [3.05, 3.63) is 107 Å². The molecule has 1 N–H and O–H groups in total. The van der Waals surface area contributed by atoms with Crippen molar-refractivity contribution in [3.63, 3.8) is 0 Å². The van der Waals surface area contributed by atoms with Crippen LogP contribution in [0.1, 0.15) is 11.1 Å². The van der Waals surface area contributed by atoms with E-state index >= 15 is 0 Å². The first kappa shape index (κ1) is 17.1. The summed E-state index contributed by atoms with van der Waals surface area (Å²) in [7, 11) is 0.